The molecule has 0 saturated carbocycles. The van der Waals surface area contributed by atoms with E-state index >= 15 is 0 Å². The first-order chi connectivity index (χ1) is 22.9. The Morgan fingerprint density at radius 1 is 0.560 bits per heavy atom. The average molecular weight is 733 g/mol. The fourth-order valence-corrected chi connectivity index (χ4v) is 6.16. The second kappa shape index (κ2) is 16.0. The van der Waals surface area contributed by atoms with Gasteiger partial charge in [0.1, 0.15) is 9.79 Å². The number of para-hydroxylation sites is 2. The molecule has 6 rings (SSSR count). The van der Waals surface area contributed by atoms with Crippen LogP contribution in [0.2, 0.25) is 0 Å². The van der Waals surface area contributed by atoms with Crippen LogP contribution in [0.25, 0.3) is 11.1 Å². The van der Waals surface area contributed by atoms with E-state index in [4.69, 9.17) is 0 Å². The summed E-state index contributed by atoms with van der Waals surface area (Å²) in [6.07, 6.45) is 2.51. The van der Waals surface area contributed by atoms with E-state index in [-0.39, 0.29) is 81.6 Å². The van der Waals surface area contributed by atoms with Gasteiger partial charge in [-0.2, -0.15) is 57.5 Å². The molecule has 2 aliphatic rings. The SMILES string of the molecule is O=C1C(N=Nc2ccc(-c3ccc(N=NC4C=NN(c5ccccc5)C4=O)cc3S(=O)(=O)O)c(S(=O)(=O)O)c2)C=NN1c1ccccc1.[Na].[Na]. The summed E-state index contributed by atoms with van der Waals surface area (Å²) in [5, 5.41) is 26.1. The van der Waals surface area contributed by atoms with Crippen molar-refractivity contribution in [3.63, 3.8) is 0 Å². The van der Waals surface area contributed by atoms with Crippen molar-refractivity contribution in [1.29, 1.82) is 0 Å². The number of anilines is 2. The molecule has 0 aliphatic carbocycles. The maximum Gasteiger partial charge on any atom is 0.295 e. The van der Waals surface area contributed by atoms with Gasteiger partial charge in [-0.05, 0) is 48.5 Å². The zero-order valence-electron chi connectivity index (χ0n) is 26.3. The number of hydrogen-bond acceptors (Lipinski definition) is 12. The molecule has 50 heavy (non-hydrogen) atoms. The third kappa shape index (κ3) is 8.55. The predicted molar refractivity (Wildman–Crippen MR) is 184 cm³/mol. The number of rotatable bonds is 9. The molecule has 4 aromatic rings. The van der Waals surface area contributed by atoms with E-state index in [0.717, 1.165) is 34.3 Å². The van der Waals surface area contributed by atoms with Gasteiger partial charge in [0.05, 0.1) is 35.2 Å². The van der Waals surface area contributed by atoms with E-state index in [1.807, 2.05) is 0 Å². The first-order valence-electron chi connectivity index (χ1n) is 13.8. The molecule has 0 bridgehead atoms. The van der Waals surface area contributed by atoms with Crippen LogP contribution in [-0.4, -0.2) is 121 Å². The largest absolute Gasteiger partial charge is 0.295 e. The summed E-state index contributed by atoms with van der Waals surface area (Å²) in [6, 6.07) is 21.6. The van der Waals surface area contributed by atoms with Crippen LogP contribution in [-0.2, 0) is 29.8 Å². The van der Waals surface area contributed by atoms with Crippen LogP contribution in [0, 0.1) is 0 Å². The smallest absolute Gasteiger partial charge is 0.282 e. The van der Waals surface area contributed by atoms with Crippen molar-refractivity contribution in [3.8, 4) is 11.1 Å². The van der Waals surface area contributed by atoms with Gasteiger partial charge >= 0.3 is 0 Å². The number of amides is 2. The molecular weight excluding hydrogens is 710 g/mol. The Kier molecular flexibility index (Phi) is 12.5. The molecule has 2 aliphatic heterocycles. The molecule has 0 aromatic heterocycles. The van der Waals surface area contributed by atoms with Gasteiger partial charge in [0.15, 0.2) is 12.1 Å². The van der Waals surface area contributed by atoms with E-state index < -0.39 is 53.9 Å². The zero-order valence-corrected chi connectivity index (χ0v) is 31.9. The number of carbonyl (C=O) groups is 2. The molecule has 244 valence electrons. The second-order valence-electron chi connectivity index (χ2n) is 10.1. The van der Waals surface area contributed by atoms with Crippen LogP contribution in [0.1, 0.15) is 0 Å². The Labute approximate surface area is 329 Å². The molecule has 2 radical (unpaired) electrons. The van der Waals surface area contributed by atoms with Gasteiger partial charge in [-0.1, -0.05) is 48.5 Å². The van der Waals surface area contributed by atoms with Gasteiger partial charge in [0.25, 0.3) is 32.1 Å². The molecule has 4 aromatic carbocycles. The van der Waals surface area contributed by atoms with E-state index in [0.29, 0.717) is 11.4 Å². The van der Waals surface area contributed by atoms with Crippen LogP contribution in [0.5, 0.6) is 0 Å². The quantitative estimate of drug-likeness (QED) is 0.145. The van der Waals surface area contributed by atoms with Crippen LogP contribution in [0.3, 0.4) is 0 Å². The van der Waals surface area contributed by atoms with Crippen LogP contribution in [0.4, 0.5) is 22.7 Å². The minimum absolute atomic E-state index is 0. The molecule has 16 nitrogen and oxygen atoms in total. The summed E-state index contributed by atoms with van der Waals surface area (Å²) in [5.41, 5.74) is 0.198. The van der Waals surface area contributed by atoms with Crippen LogP contribution in [0.15, 0.2) is 138 Å². The van der Waals surface area contributed by atoms with Gasteiger partial charge in [-0.3, -0.25) is 18.7 Å². The van der Waals surface area contributed by atoms with Gasteiger partial charge in [-0.25, -0.2) is 0 Å². The summed E-state index contributed by atoms with van der Waals surface area (Å²) in [7, 11) is -10.0. The molecule has 2 amide bonds. The Hall–Kier alpha value is -3.82. The summed E-state index contributed by atoms with van der Waals surface area (Å²) in [5.74, 6) is -1.02. The monoisotopic (exact) mass is 732 g/mol. The number of carbonyl (C=O) groups excluding carboxylic acids is 2. The van der Waals surface area contributed by atoms with Gasteiger partial charge in [0, 0.05) is 70.2 Å². The molecule has 2 heterocycles. The molecular formula is C30H22N8Na2O8S2. The summed E-state index contributed by atoms with van der Waals surface area (Å²) >= 11 is 0. The van der Waals surface area contributed by atoms with Crippen molar-refractivity contribution in [2.45, 2.75) is 21.9 Å². The minimum Gasteiger partial charge on any atom is -0.282 e. The van der Waals surface area contributed by atoms with Crippen LogP contribution >= 0.6 is 0 Å². The van der Waals surface area contributed by atoms with Crippen molar-refractivity contribution >= 4 is 126 Å². The average Bonchev–Trinajstić information content (AvgIpc) is 3.63. The first kappa shape index (κ1) is 39.0. The molecule has 2 unspecified atom stereocenters. The van der Waals surface area contributed by atoms with Gasteiger partial charge in [0.2, 0.25) is 0 Å². The molecule has 0 fully saturated rings. The van der Waals surface area contributed by atoms with Crippen molar-refractivity contribution in [2.75, 3.05) is 10.0 Å². The number of nitrogens with zero attached hydrogens (tertiary/aromatic N) is 8. The second-order valence-corrected chi connectivity index (χ2v) is 12.9. The van der Waals surface area contributed by atoms with E-state index in [2.05, 4.69) is 30.7 Å². The van der Waals surface area contributed by atoms with Crippen molar-refractivity contribution in [3.05, 3.63) is 97.1 Å². The van der Waals surface area contributed by atoms with E-state index in [1.165, 1.54) is 24.6 Å². The molecule has 0 saturated heterocycles. The standard InChI is InChI=1S/C30H22N8O8S2.2Na/c39-29-25(17-31-37(29)21-7-3-1-4-8-21)35-33-19-11-13-23(27(15-19)47(41,42)43)24-14-12-20(16-28(24)48(44,45)46)34-36-26-18-32-38(30(26)40)22-9-5-2-6-10-22;;/h1-18,25-26H,(H,41,42,43)(H,44,45,46);;. The molecule has 2 N–H and O–H groups in total. The molecule has 20 heteroatoms. The number of benzene rings is 4. The van der Waals surface area contributed by atoms with Gasteiger partial charge in [-0.15, -0.1) is 0 Å². The summed E-state index contributed by atoms with van der Waals surface area (Å²) < 4.78 is 69.8. The maximum atomic E-state index is 12.8. The third-order valence-electron chi connectivity index (χ3n) is 6.94. The topological polar surface area (TPSA) is 224 Å². The Morgan fingerprint density at radius 2 is 0.920 bits per heavy atom. The number of hydrazone groups is 2. The Bertz CT molecular complexity index is 2110. The zero-order chi connectivity index (χ0) is 34.1. The summed E-state index contributed by atoms with van der Waals surface area (Å²) in [4.78, 5) is 24.0. The molecule has 2 atom stereocenters. The maximum absolute atomic E-state index is 12.8. The van der Waals surface area contributed by atoms with Crippen molar-refractivity contribution in [1.82, 2.24) is 0 Å². The fourth-order valence-electron chi connectivity index (χ4n) is 4.71. The molecule has 0 spiro atoms. The first-order valence-corrected chi connectivity index (χ1v) is 16.7. The third-order valence-corrected chi connectivity index (χ3v) is 8.73. The minimum atomic E-state index is -5.00. The van der Waals surface area contributed by atoms with Crippen molar-refractivity contribution < 1.29 is 35.5 Å². The van der Waals surface area contributed by atoms with E-state index in [1.54, 1.807) is 60.7 Å². The number of hydrogen-bond donors (Lipinski definition) is 2. The summed E-state index contributed by atoms with van der Waals surface area (Å²) in [6.45, 7) is 0. The van der Waals surface area contributed by atoms with E-state index in [9.17, 15) is 35.5 Å². The number of azo groups is 2. The Morgan fingerprint density at radius 3 is 1.26 bits per heavy atom. The van der Waals surface area contributed by atoms with Crippen molar-refractivity contribution in [2.24, 2.45) is 30.7 Å². The normalized spacial score (nSPS) is 17.5. The van der Waals surface area contributed by atoms with Crippen LogP contribution < -0.4 is 10.0 Å². The Balaban J connectivity index is 0.00000281. The van der Waals surface area contributed by atoms with Gasteiger partial charge < -0.3 is 0 Å². The predicted octanol–water partition coefficient (Wildman–Crippen LogP) is 4.06. The fraction of sp³-hybridized carbons (Fsp3) is 0.0667.